The Morgan fingerprint density at radius 2 is 1.76 bits per heavy atom. The molecule has 0 spiro atoms. The minimum atomic E-state index is -1.26. The number of nitrogens with one attached hydrogen (secondary N) is 2. The first-order chi connectivity index (χ1) is 15.8. The van der Waals surface area contributed by atoms with E-state index in [1.165, 1.54) is 5.56 Å². The van der Waals surface area contributed by atoms with Crippen LogP contribution >= 0.6 is 0 Å². The molecule has 1 aliphatic heterocycles. The molecule has 1 aliphatic rings. The smallest absolute Gasteiger partial charge is 0.328 e. The average Bonchev–Trinajstić information content (AvgIpc) is 2.80. The number of carbonyl (C=O) groups excluding carboxylic acids is 1. The number of benzene rings is 2. The monoisotopic (exact) mass is 456 g/mol. The number of hydrogen-bond donors (Lipinski definition) is 5. The molecule has 9 heteroatoms. The van der Waals surface area contributed by atoms with Crippen LogP contribution in [0.15, 0.2) is 60.7 Å². The van der Waals surface area contributed by atoms with Crippen molar-refractivity contribution in [3.63, 3.8) is 0 Å². The Morgan fingerprint density at radius 1 is 1.06 bits per heavy atom. The molecule has 5 N–H and O–H groups in total. The van der Waals surface area contributed by atoms with E-state index < -0.39 is 18.0 Å². The predicted octanol–water partition coefficient (Wildman–Crippen LogP) is 2.38. The molecular formula is C24H28N2O7. The predicted molar refractivity (Wildman–Crippen MR) is 122 cm³/mol. The highest BCUT2D eigenvalue weighted by atomic mass is 16.5. The molecule has 0 fully saturated rings. The number of rotatable bonds is 10. The molecule has 1 heterocycles. The number of aliphatic hydroxyl groups excluding tert-OH is 1. The van der Waals surface area contributed by atoms with Crippen LogP contribution in [0.25, 0.3) is 0 Å². The van der Waals surface area contributed by atoms with E-state index in [1.807, 2.05) is 12.1 Å². The number of carboxylic acid groups (broad SMARTS) is 2. The Bertz CT molecular complexity index is 945. The molecule has 0 radical (unpaired) electrons. The number of carbonyl (C=O) groups is 3. The number of aliphatic hydroxyl groups is 1. The lowest BCUT2D eigenvalue weighted by Gasteiger charge is -2.20. The zero-order valence-corrected chi connectivity index (χ0v) is 18.1. The normalized spacial score (nSPS) is 13.2. The van der Waals surface area contributed by atoms with Gasteiger partial charge in [-0.15, -0.1) is 0 Å². The Balaban J connectivity index is 0.000000414. The van der Waals surface area contributed by atoms with Gasteiger partial charge in [-0.05, 0) is 49.1 Å². The summed E-state index contributed by atoms with van der Waals surface area (Å²) in [4.78, 5) is 30.4. The summed E-state index contributed by atoms with van der Waals surface area (Å²) in [6, 6.07) is 15.8. The van der Waals surface area contributed by atoms with Crippen LogP contribution in [0.5, 0.6) is 5.75 Å². The summed E-state index contributed by atoms with van der Waals surface area (Å²) in [5.74, 6) is -2.06. The van der Waals surface area contributed by atoms with Gasteiger partial charge in [0.25, 0.3) is 5.91 Å². The summed E-state index contributed by atoms with van der Waals surface area (Å²) in [5.41, 5.74) is 2.80. The molecule has 1 unspecified atom stereocenters. The third kappa shape index (κ3) is 9.98. The van der Waals surface area contributed by atoms with Gasteiger partial charge in [0.05, 0.1) is 11.8 Å². The van der Waals surface area contributed by atoms with Crippen molar-refractivity contribution in [2.45, 2.75) is 25.4 Å². The highest BCUT2D eigenvalue weighted by molar-refractivity contribution is 5.95. The number of aryl methyl sites for hydroxylation is 1. The van der Waals surface area contributed by atoms with E-state index in [9.17, 15) is 19.5 Å². The van der Waals surface area contributed by atoms with E-state index in [4.69, 9.17) is 14.9 Å². The van der Waals surface area contributed by atoms with Gasteiger partial charge in [-0.1, -0.05) is 36.4 Å². The summed E-state index contributed by atoms with van der Waals surface area (Å²) in [5, 5.41) is 32.0. The van der Waals surface area contributed by atoms with E-state index in [1.54, 1.807) is 12.1 Å². The number of aliphatic carboxylic acids is 2. The standard InChI is InChI=1S/C20H24N2O3.C4H4O4/c23-18(13-21-11-5-4-8-15-6-2-1-3-7-15)16-9-10-17-19(12-16)25-14-20(24)22-17;5-3(6)1-2-4(7)8/h1-3,6-7,9-10,12,18,21,23H,4-5,8,11,13-14H2,(H,22,24);1-2H,(H,5,6)(H,7,8). The van der Waals surface area contributed by atoms with Crippen molar-refractivity contribution in [1.29, 1.82) is 0 Å². The van der Waals surface area contributed by atoms with Crippen molar-refractivity contribution in [2.24, 2.45) is 0 Å². The molecular weight excluding hydrogens is 428 g/mol. The first-order valence-corrected chi connectivity index (χ1v) is 10.5. The lowest BCUT2D eigenvalue weighted by atomic mass is 10.1. The largest absolute Gasteiger partial charge is 0.482 e. The van der Waals surface area contributed by atoms with Gasteiger partial charge < -0.3 is 30.7 Å². The minimum Gasteiger partial charge on any atom is -0.482 e. The second-order valence-electron chi connectivity index (χ2n) is 7.26. The molecule has 0 bridgehead atoms. The van der Waals surface area contributed by atoms with Crippen molar-refractivity contribution < 1.29 is 34.4 Å². The fourth-order valence-corrected chi connectivity index (χ4v) is 3.02. The number of hydrogen-bond acceptors (Lipinski definition) is 6. The van der Waals surface area contributed by atoms with Crippen LogP contribution < -0.4 is 15.4 Å². The van der Waals surface area contributed by atoms with Crippen LogP contribution in [-0.2, 0) is 20.8 Å². The highest BCUT2D eigenvalue weighted by Gasteiger charge is 2.17. The number of fused-ring (bicyclic) bond motifs is 1. The first-order valence-electron chi connectivity index (χ1n) is 10.5. The Morgan fingerprint density at radius 3 is 2.42 bits per heavy atom. The van der Waals surface area contributed by atoms with E-state index in [-0.39, 0.29) is 12.5 Å². The third-order valence-electron chi connectivity index (χ3n) is 4.64. The van der Waals surface area contributed by atoms with Crippen molar-refractivity contribution in [1.82, 2.24) is 5.32 Å². The lowest BCUT2D eigenvalue weighted by molar-refractivity contribution is -0.134. The van der Waals surface area contributed by atoms with Crippen LogP contribution in [0.3, 0.4) is 0 Å². The van der Waals surface area contributed by atoms with Gasteiger partial charge in [0.15, 0.2) is 6.61 Å². The topological polar surface area (TPSA) is 145 Å². The zero-order valence-electron chi connectivity index (χ0n) is 18.1. The van der Waals surface area contributed by atoms with E-state index in [0.29, 0.717) is 30.1 Å². The van der Waals surface area contributed by atoms with Crippen LogP contribution in [0, 0.1) is 0 Å². The van der Waals surface area contributed by atoms with Gasteiger partial charge >= 0.3 is 11.9 Å². The van der Waals surface area contributed by atoms with E-state index in [0.717, 1.165) is 31.4 Å². The quantitative estimate of drug-likeness (QED) is 0.271. The molecule has 2 aromatic rings. The van der Waals surface area contributed by atoms with Crippen molar-refractivity contribution in [3.05, 3.63) is 71.8 Å². The summed E-state index contributed by atoms with van der Waals surface area (Å²) in [6.45, 7) is 1.39. The van der Waals surface area contributed by atoms with Gasteiger partial charge in [0.1, 0.15) is 5.75 Å². The number of unbranched alkanes of at least 4 members (excludes halogenated alkanes) is 1. The fraction of sp³-hybridized carbons (Fsp3) is 0.292. The van der Waals surface area contributed by atoms with Crippen molar-refractivity contribution in [3.8, 4) is 5.75 Å². The fourth-order valence-electron chi connectivity index (χ4n) is 3.02. The molecule has 9 nitrogen and oxygen atoms in total. The SMILES string of the molecule is O=C(O)C=CC(=O)O.O=C1COc2cc(C(O)CNCCCCc3ccccc3)ccc2N1. The van der Waals surface area contributed by atoms with Gasteiger partial charge in [0, 0.05) is 18.7 Å². The maximum Gasteiger partial charge on any atom is 0.328 e. The molecule has 1 amide bonds. The molecule has 1 atom stereocenters. The Kier molecular flexibility index (Phi) is 10.6. The molecule has 176 valence electrons. The molecule has 2 aromatic carbocycles. The molecule has 0 aliphatic carbocycles. The van der Waals surface area contributed by atoms with E-state index in [2.05, 4.69) is 34.9 Å². The van der Waals surface area contributed by atoms with Crippen molar-refractivity contribution >= 4 is 23.5 Å². The van der Waals surface area contributed by atoms with Crippen LogP contribution in [0.2, 0.25) is 0 Å². The zero-order chi connectivity index (χ0) is 24.1. The van der Waals surface area contributed by atoms with Gasteiger partial charge in [0.2, 0.25) is 0 Å². The molecule has 33 heavy (non-hydrogen) atoms. The van der Waals surface area contributed by atoms with Crippen molar-refractivity contribution in [2.75, 3.05) is 25.0 Å². The Hall–Kier alpha value is -3.69. The summed E-state index contributed by atoms with van der Waals surface area (Å²) < 4.78 is 5.38. The number of carboxylic acids is 2. The summed E-state index contributed by atoms with van der Waals surface area (Å²) in [6.07, 6.45) is 3.80. The second-order valence-corrected chi connectivity index (χ2v) is 7.26. The molecule has 0 saturated carbocycles. The minimum absolute atomic E-state index is 0.0201. The maximum absolute atomic E-state index is 11.3. The average molecular weight is 456 g/mol. The molecule has 0 saturated heterocycles. The highest BCUT2D eigenvalue weighted by Crippen LogP contribution is 2.30. The third-order valence-corrected chi connectivity index (χ3v) is 4.64. The van der Waals surface area contributed by atoms with Crippen LogP contribution in [0.1, 0.15) is 30.1 Å². The maximum atomic E-state index is 11.3. The number of amides is 1. The first kappa shape index (κ1) is 25.6. The molecule has 3 rings (SSSR count). The van der Waals surface area contributed by atoms with Gasteiger partial charge in [-0.3, -0.25) is 4.79 Å². The van der Waals surface area contributed by atoms with Crippen LogP contribution in [-0.4, -0.2) is 52.9 Å². The lowest BCUT2D eigenvalue weighted by Crippen LogP contribution is -2.26. The summed E-state index contributed by atoms with van der Waals surface area (Å²) >= 11 is 0. The van der Waals surface area contributed by atoms with Crippen LogP contribution in [0.4, 0.5) is 5.69 Å². The van der Waals surface area contributed by atoms with E-state index >= 15 is 0 Å². The molecule has 0 aromatic heterocycles. The number of ether oxygens (including phenoxy) is 1. The van der Waals surface area contributed by atoms with Gasteiger partial charge in [-0.25, -0.2) is 9.59 Å². The second kappa shape index (κ2) is 13.7. The summed E-state index contributed by atoms with van der Waals surface area (Å²) in [7, 11) is 0. The number of anilines is 1. The van der Waals surface area contributed by atoms with Gasteiger partial charge in [-0.2, -0.15) is 0 Å². The Labute approximate surface area is 191 Å².